The lowest BCUT2D eigenvalue weighted by Crippen LogP contribution is -2.14. The van der Waals surface area contributed by atoms with Crippen molar-refractivity contribution in [3.63, 3.8) is 0 Å². The molecule has 0 N–H and O–H groups in total. The fraction of sp³-hybridized carbons (Fsp3) is 0.0577. The summed E-state index contributed by atoms with van der Waals surface area (Å²) in [6.07, 6.45) is 0. The number of imidazole rings is 1. The Balaban J connectivity index is 1.20. The zero-order valence-corrected chi connectivity index (χ0v) is 30.2. The molecule has 0 radical (unpaired) electrons. The molecule has 0 atom stereocenters. The molecular weight excluding hydrogens is 653 g/mol. The number of benzene rings is 9. The van der Waals surface area contributed by atoms with Crippen LogP contribution in [-0.2, 0) is 5.41 Å². The molecule has 0 unspecified atom stereocenters. The number of hydrogen-bond donors (Lipinski definition) is 0. The SMILES string of the molecule is CC1(C)c2ccccc2-c2cc3c(-c4ccc(-c5nc6ccccc6n5-c5ccccc5)cc4)c4ccccc4c(-c4cccc5ccccc45)c3cc21. The molecule has 10 aromatic rings. The van der Waals surface area contributed by atoms with Crippen LogP contribution in [0, 0.1) is 0 Å². The highest BCUT2D eigenvalue weighted by Gasteiger charge is 2.36. The van der Waals surface area contributed by atoms with Crippen molar-refractivity contribution in [3.05, 3.63) is 193 Å². The van der Waals surface area contributed by atoms with Crippen molar-refractivity contribution >= 4 is 43.4 Å². The third-order valence-electron chi connectivity index (χ3n) is 11.8. The largest absolute Gasteiger partial charge is 0.292 e. The third-order valence-corrected chi connectivity index (χ3v) is 11.8. The number of hydrogen-bond acceptors (Lipinski definition) is 1. The van der Waals surface area contributed by atoms with Gasteiger partial charge in [0.05, 0.1) is 11.0 Å². The summed E-state index contributed by atoms with van der Waals surface area (Å²) >= 11 is 0. The maximum atomic E-state index is 5.17. The molecule has 0 fully saturated rings. The van der Waals surface area contributed by atoms with E-state index < -0.39 is 0 Å². The fourth-order valence-electron chi connectivity index (χ4n) is 9.26. The predicted octanol–water partition coefficient (Wildman–Crippen LogP) is 13.8. The van der Waals surface area contributed by atoms with E-state index in [1.54, 1.807) is 0 Å². The number of fused-ring (bicyclic) bond motifs is 7. The van der Waals surface area contributed by atoms with Crippen molar-refractivity contribution in [1.29, 1.82) is 0 Å². The van der Waals surface area contributed by atoms with Gasteiger partial charge < -0.3 is 0 Å². The normalized spacial score (nSPS) is 13.1. The molecule has 1 heterocycles. The van der Waals surface area contributed by atoms with E-state index in [1.165, 1.54) is 76.8 Å². The second-order valence-corrected chi connectivity index (χ2v) is 15.1. The molecule has 0 saturated carbocycles. The van der Waals surface area contributed by atoms with Gasteiger partial charge in [-0.3, -0.25) is 4.57 Å². The molecule has 11 rings (SSSR count). The van der Waals surface area contributed by atoms with Crippen LogP contribution < -0.4 is 0 Å². The number of nitrogens with zero attached hydrogens (tertiary/aromatic N) is 2. The van der Waals surface area contributed by atoms with E-state index >= 15 is 0 Å². The van der Waals surface area contributed by atoms with Gasteiger partial charge in [-0.1, -0.05) is 159 Å². The molecular formula is C52H36N2. The van der Waals surface area contributed by atoms with Gasteiger partial charge in [0, 0.05) is 16.7 Å². The highest BCUT2D eigenvalue weighted by molar-refractivity contribution is 6.24. The summed E-state index contributed by atoms with van der Waals surface area (Å²) in [5.74, 6) is 0.937. The fourth-order valence-corrected chi connectivity index (χ4v) is 9.26. The summed E-state index contributed by atoms with van der Waals surface area (Å²) in [6.45, 7) is 4.76. The van der Waals surface area contributed by atoms with Gasteiger partial charge >= 0.3 is 0 Å². The summed E-state index contributed by atoms with van der Waals surface area (Å²) in [4.78, 5) is 5.17. The van der Waals surface area contributed by atoms with Gasteiger partial charge in [0.1, 0.15) is 5.82 Å². The minimum absolute atomic E-state index is 0.117. The first-order chi connectivity index (χ1) is 26.6. The molecule has 0 saturated heterocycles. The second-order valence-electron chi connectivity index (χ2n) is 15.1. The summed E-state index contributed by atoms with van der Waals surface area (Å²) in [5, 5.41) is 7.60. The zero-order chi connectivity index (χ0) is 36.0. The van der Waals surface area contributed by atoms with Gasteiger partial charge in [-0.2, -0.15) is 0 Å². The van der Waals surface area contributed by atoms with Gasteiger partial charge in [-0.15, -0.1) is 0 Å². The molecule has 1 aromatic heterocycles. The number of aromatic nitrogens is 2. The highest BCUT2D eigenvalue weighted by Crippen LogP contribution is 2.53. The van der Waals surface area contributed by atoms with Gasteiger partial charge in [0.2, 0.25) is 0 Å². The van der Waals surface area contributed by atoms with Crippen LogP contribution in [0.1, 0.15) is 25.0 Å². The van der Waals surface area contributed by atoms with Gasteiger partial charge in [-0.25, -0.2) is 4.98 Å². The maximum absolute atomic E-state index is 5.17. The third kappa shape index (κ3) is 4.44. The van der Waals surface area contributed by atoms with Crippen molar-refractivity contribution in [2.75, 3.05) is 0 Å². The van der Waals surface area contributed by atoms with Crippen LogP contribution in [0.25, 0.3) is 93.8 Å². The summed E-state index contributed by atoms with van der Waals surface area (Å²) < 4.78 is 2.27. The molecule has 0 amide bonds. The Morgan fingerprint density at radius 3 is 1.87 bits per heavy atom. The number of para-hydroxylation sites is 3. The Morgan fingerprint density at radius 1 is 0.426 bits per heavy atom. The maximum Gasteiger partial charge on any atom is 0.145 e. The van der Waals surface area contributed by atoms with E-state index in [0.29, 0.717) is 0 Å². The lowest BCUT2D eigenvalue weighted by molar-refractivity contribution is 0.661. The summed E-state index contributed by atoms with van der Waals surface area (Å²) in [6, 6.07) is 66.6. The minimum Gasteiger partial charge on any atom is -0.292 e. The van der Waals surface area contributed by atoms with Crippen LogP contribution in [0.15, 0.2) is 182 Å². The zero-order valence-electron chi connectivity index (χ0n) is 30.2. The van der Waals surface area contributed by atoms with Crippen LogP contribution in [0.5, 0.6) is 0 Å². The predicted molar refractivity (Wildman–Crippen MR) is 227 cm³/mol. The molecule has 0 spiro atoms. The lowest BCUT2D eigenvalue weighted by atomic mass is 9.79. The average molecular weight is 689 g/mol. The first-order valence-electron chi connectivity index (χ1n) is 18.8. The monoisotopic (exact) mass is 688 g/mol. The molecule has 254 valence electrons. The quantitative estimate of drug-likeness (QED) is 0.168. The van der Waals surface area contributed by atoms with Crippen LogP contribution in [-0.4, -0.2) is 9.55 Å². The Morgan fingerprint density at radius 2 is 1.04 bits per heavy atom. The highest BCUT2D eigenvalue weighted by atomic mass is 15.1. The Kier molecular flexibility index (Phi) is 6.63. The van der Waals surface area contributed by atoms with E-state index in [9.17, 15) is 0 Å². The minimum atomic E-state index is -0.117. The molecule has 0 bridgehead atoms. The lowest BCUT2D eigenvalue weighted by Gasteiger charge is -2.24. The van der Waals surface area contributed by atoms with Crippen molar-refractivity contribution in [1.82, 2.24) is 9.55 Å². The van der Waals surface area contributed by atoms with Gasteiger partial charge in [-0.05, 0) is 113 Å². The molecule has 54 heavy (non-hydrogen) atoms. The first-order valence-corrected chi connectivity index (χ1v) is 18.8. The van der Waals surface area contributed by atoms with E-state index in [0.717, 1.165) is 28.1 Å². The summed E-state index contributed by atoms with van der Waals surface area (Å²) in [7, 11) is 0. The first kappa shape index (κ1) is 30.8. The van der Waals surface area contributed by atoms with E-state index in [1.807, 2.05) is 0 Å². The van der Waals surface area contributed by atoms with Crippen LogP contribution in [0.3, 0.4) is 0 Å². The van der Waals surface area contributed by atoms with E-state index in [4.69, 9.17) is 4.98 Å². The Hall–Kier alpha value is -6.77. The molecule has 1 aliphatic carbocycles. The average Bonchev–Trinajstić information content (AvgIpc) is 3.72. The van der Waals surface area contributed by atoms with E-state index in [2.05, 4.69) is 200 Å². The van der Waals surface area contributed by atoms with Crippen molar-refractivity contribution in [2.45, 2.75) is 19.3 Å². The number of rotatable bonds is 4. The van der Waals surface area contributed by atoms with E-state index in [-0.39, 0.29) is 5.41 Å². The van der Waals surface area contributed by atoms with Gasteiger partial charge in [0.25, 0.3) is 0 Å². The molecule has 1 aliphatic rings. The molecule has 2 nitrogen and oxygen atoms in total. The van der Waals surface area contributed by atoms with Crippen molar-refractivity contribution < 1.29 is 0 Å². The Labute approximate surface area is 314 Å². The van der Waals surface area contributed by atoms with Crippen LogP contribution in [0.4, 0.5) is 0 Å². The molecule has 2 heteroatoms. The molecule has 0 aliphatic heterocycles. The van der Waals surface area contributed by atoms with Crippen LogP contribution >= 0.6 is 0 Å². The summed E-state index contributed by atoms with van der Waals surface area (Å²) in [5.41, 5.74) is 14.6. The second kappa shape index (κ2) is 11.6. The molecule has 9 aromatic carbocycles. The topological polar surface area (TPSA) is 17.8 Å². The van der Waals surface area contributed by atoms with Crippen LogP contribution in [0.2, 0.25) is 0 Å². The smallest absolute Gasteiger partial charge is 0.145 e. The van der Waals surface area contributed by atoms with Gasteiger partial charge in [0.15, 0.2) is 0 Å². The Bertz CT molecular complexity index is 3110. The van der Waals surface area contributed by atoms with Crippen molar-refractivity contribution in [3.8, 4) is 50.5 Å². The standard InChI is InChI=1S/C52H36N2/c1-52(2)45-24-11-10-20-38(45)42-31-43-44(32-46(42)52)50(39-23-14-16-33-15-6-7-19-37(33)39)41-22-9-8-21-40(41)49(43)34-27-29-35(30-28-34)51-53-47-25-12-13-26-48(47)54(51)36-17-4-3-5-18-36/h3-32H,1-2H3. The van der Waals surface area contributed by atoms with Crippen molar-refractivity contribution in [2.24, 2.45) is 0 Å².